The van der Waals surface area contributed by atoms with Gasteiger partial charge in [0.1, 0.15) is 5.75 Å². The molecule has 12 heavy (non-hydrogen) atoms. The second kappa shape index (κ2) is 3.67. The molecule has 0 spiro atoms. The van der Waals surface area contributed by atoms with Crippen LogP contribution in [-0.4, -0.2) is 7.11 Å². The third kappa shape index (κ3) is 1.59. The van der Waals surface area contributed by atoms with Crippen LogP contribution >= 0.6 is 27.5 Å². The maximum Gasteiger partial charge on any atom is 0.133 e. The van der Waals surface area contributed by atoms with E-state index in [1.54, 1.807) is 7.11 Å². The molecule has 0 N–H and O–H groups in total. The Morgan fingerprint density at radius 3 is 2.50 bits per heavy atom. The number of methoxy groups -OCH3 is 1. The second-order valence-electron chi connectivity index (χ2n) is 2.65. The van der Waals surface area contributed by atoms with E-state index in [1.165, 1.54) is 0 Å². The molecule has 0 fully saturated rings. The van der Waals surface area contributed by atoms with Gasteiger partial charge >= 0.3 is 0 Å². The van der Waals surface area contributed by atoms with E-state index in [2.05, 4.69) is 15.9 Å². The van der Waals surface area contributed by atoms with E-state index < -0.39 is 0 Å². The SMILES string of the molecule is COc1cc(C)c(Cl)c(C)c1Br. The van der Waals surface area contributed by atoms with Crippen molar-refractivity contribution in [3.8, 4) is 5.75 Å². The summed E-state index contributed by atoms with van der Waals surface area (Å²) in [6, 6.07) is 1.92. The fourth-order valence-electron chi connectivity index (χ4n) is 1.05. The fourth-order valence-corrected chi connectivity index (χ4v) is 1.79. The van der Waals surface area contributed by atoms with Gasteiger partial charge in [-0.25, -0.2) is 0 Å². The molecule has 0 atom stereocenters. The third-order valence-corrected chi connectivity index (χ3v) is 3.36. The highest BCUT2D eigenvalue weighted by Crippen LogP contribution is 2.35. The smallest absolute Gasteiger partial charge is 0.133 e. The first kappa shape index (κ1) is 9.87. The lowest BCUT2D eigenvalue weighted by Crippen LogP contribution is -1.90. The van der Waals surface area contributed by atoms with Crippen LogP contribution in [0.2, 0.25) is 5.02 Å². The predicted octanol–water partition coefficient (Wildman–Crippen LogP) is 3.73. The molecule has 1 aromatic rings. The van der Waals surface area contributed by atoms with Crippen LogP contribution in [0.4, 0.5) is 0 Å². The lowest BCUT2D eigenvalue weighted by Gasteiger charge is -2.09. The zero-order chi connectivity index (χ0) is 9.30. The number of rotatable bonds is 1. The molecule has 0 unspecified atom stereocenters. The number of ether oxygens (including phenoxy) is 1. The molecule has 1 nitrogen and oxygen atoms in total. The average molecular weight is 250 g/mol. The van der Waals surface area contributed by atoms with Crippen molar-refractivity contribution >= 4 is 27.5 Å². The van der Waals surface area contributed by atoms with Crippen molar-refractivity contribution in [1.29, 1.82) is 0 Å². The molecule has 1 rings (SSSR count). The molecule has 0 aliphatic rings. The maximum atomic E-state index is 6.03. The van der Waals surface area contributed by atoms with E-state index in [1.807, 2.05) is 19.9 Å². The number of hydrogen-bond donors (Lipinski definition) is 0. The Balaban J connectivity index is 3.39. The second-order valence-corrected chi connectivity index (χ2v) is 3.82. The molecule has 0 bridgehead atoms. The normalized spacial score (nSPS) is 10.1. The van der Waals surface area contributed by atoms with Crippen molar-refractivity contribution in [2.24, 2.45) is 0 Å². The summed E-state index contributed by atoms with van der Waals surface area (Å²) in [6.07, 6.45) is 0. The Morgan fingerprint density at radius 1 is 1.42 bits per heavy atom. The Bertz CT molecular complexity index is 310. The first-order valence-electron chi connectivity index (χ1n) is 3.57. The van der Waals surface area contributed by atoms with Crippen molar-refractivity contribution in [1.82, 2.24) is 0 Å². The zero-order valence-electron chi connectivity index (χ0n) is 7.24. The standard InChI is InChI=1S/C9H10BrClO/c1-5-4-7(12-3)8(10)6(2)9(5)11/h4H,1-3H3. The molecule has 66 valence electrons. The first-order valence-corrected chi connectivity index (χ1v) is 4.74. The van der Waals surface area contributed by atoms with Crippen LogP contribution in [0, 0.1) is 13.8 Å². The molecule has 0 radical (unpaired) electrons. The molecule has 1 aromatic carbocycles. The number of aryl methyl sites for hydroxylation is 1. The lowest BCUT2D eigenvalue weighted by atomic mass is 10.1. The van der Waals surface area contributed by atoms with Gasteiger partial charge in [0.05, 0.1) is 11.6 Å². The highest BCUT2D eigenvalue weighted by atomic mass is 79.9. The van der Waals surface area contributed by atoms with Gasteiger partial charge in [0, 0.05) is 5.02 Å². The highest BCUT2D eigenvalue weighted by molar-refractivity contribution is 9.10. The molecule has 0 heterocycles. The number of hydrogen-bond acceptors (Lipinski definition) is 1. The number of halogens is 2. The van der Waals surface area contributed by atoms with E-state index in [-0.39, 0.29) is 0 Å². The summed E-state index contributed by atoms with van der Waals surface area (Å²) in [7, 11) is 1.65. The number of benzene rings is 1. The van der Waals surface area contributed by atoms with Crippen molar-refractivity contribution in [3.05, 3.63) is 26.7 Å². The van der Waals surface area contributed by atoms with Crippen molar-refractivity contribution in [2.75, 3.05) is 7.11 Å². The fraction of sp³-hybridized carbons (Fsp3) is 0.333. The van der Waals surface area contributed by atoms with Crippen LogP contribution in [0.1, 0.15) is 11.1 Å². The van der Waals surface area contributed by atoms with Gasteiger partial charge in [-0.1, -0.05) is 11.6 Å². The van der Waals surface area contributed by atoms with Gasteiger partial charge in [-0.2, -0.15) is 0 Å². The predicted molar refractivity (Wildman–Crippen MR) is 55.2 cm³/mol. The van der Waals surface area contributed by atoms with Crippen LogP contribution < -0.4 is 4.74 Å². The Hall–Kier alpha value is -0.210. The maximum absolute atomic E-state index is 6.03. The van der Waals surface area contributed by atoms with Gasteiger partial charge < -0.3 is 4.74 Å². The first-order chi connectivity index (χ1) is 5.57. The monoisotopic (exact) mass is 248 g/mol. The average Bonchev–Trinajstić information content (AvgIpc) is 2.08. The largest absolute Gasteiger partial charge is 0.496 e. The summed E-state index contributed by atoms with van der Waals surface area (Å²) in [6.45, 7) is 3.92. The molecule has 0 saturated carbocycles. The van der Waals surface area contributed by atoms with Gasteiger partial charge in [0.15, 0.2) is 0 Å². The Kier molecular flexibility index (Phi) is 3.02. The molecule has 0 aliphatic heterocycles. The van der Waals surface area contributed by atoms with Crippen molar-refractivity contribution < 1.29 is 4.74 Å². The highest BCUT2D eigenvalue weighted by Gasteiger charge is 2.09. The van der Waals surface area contributed by atoms with Crippen molar-refractivity contribution in [2.45, 2.75) is 13.8 Å². The van der Waals surface area contributed by atoms with Gasteiger partial charge in [-0.3, -0.25) is 0 Å². The van der Waals surface area contributed by atoms with Gasteiger partial charge in [-0.05, 0) is 47.0 Å². The van der Waals surface area contributed by atoms with E-state index >= 15 is 0 Å². The van der Waals surface area contributed by atoms with E-state index in [4.69, 9.17) is 16.3 Å². The van der Waals surface area contributed by atoms with Crippen LogP contribution in [0.5, 0.6) is 5.75 Å². The van der Waals surface area contributed by atoms with Gasteiger partial charge in [-0.15, -0.1) is 0 Å². The quantitative estimate of drug-likeness (QED) is 0.737. The molecule has 0 amide bonds. The van der Waals surface area contributed by atoms with Gasteiger partial charge in [0.25, 0.3) is 0 Å². The zero-order valence-corrected chi connectivity index (χ0v) is 9.58. The van der Waals surface area contributed by atoms with E-state index in [0.717, 1.165) is 26.4 Å². The summed E-state index contributed by atoms with van der Waals surface area (Å²) >= 11 is 9.44. The topological polar surface area (TPSA) is 9.23 Å². The summed E-state index contributed by atoms with van der Waals surface area (Å²) in [5.41, 5.74) is 2.06. The van der Waals surface area contributed by atoms with Crippen LogP contribution in [-0.2, 0) is 0 Å². The van der Waals surface area contributed by atoms with Crippen molar-refractivity contribution in [3.63, 3.8) is 0 Å². The minimum Gasteiger partial charge on any atom is -0.496 e. The third-order valence-electron chi connectivity index (χ3n) is 1.79. The molecular formula is C9H10BrClO. The lowest BCUT2D eigenvalue weighted by molar-refractivity contribution is 0.411. The minimum absolute atomic E-state index is 0.794. The molecule has 0 aromatic heterocycles. The summed E-state index contributed by atoms with van der Waals surface area (Å²) in [5.74, 6) is 0.828. The molecular weight excluding hydrogens is 239 g/mol. The van der Waals surface area contributed by atoms with Gasteiger partial charge in [0.2, 0.25) is 0 Å². The minimum atomic E-state index is 0.794. The summed E-state index contributed by atoms with van der Waals surface area (Å²) < 4.78 is 6.09. The Labute approximate surface area is 85.8 Å². The Morgan fingerprint density at radius 2 is 2.00 bits per heavy atom. The molecule has 0 saturated heterocycles. The van der Waals surface area contributed by atoms with Crippen LogP contribution in [0.25, 0.3) is 0 Å². The molecule has 3 heteroatoms. The van der Waals surface area contributed by atoms with E-state index in [0.29, 0.717) is 0 Å². The molecule has 0 aliphatic carbocycles. The summed E-state index contributed by atoms with van der Waals surface area (Å²) in [5, 5.41) is 0.794. The van der Waals surface area contributed by atoms with Crippen LogP contribution in [0.15, 0.2) is 10.5 Å². The van der Waals surface area contributed by atoms with E-state index in [9.17, 15) is 0 Å². The summed E-state index contributed by atoms with van der Waals surface area (Å²) in [4.78, 5) is 0. The van der Waals surface area contributed by atoms with Crippen LogP contribution in [0.3, 0.4) is 0 Å².